The maximum absolute atomic E-state index is 14.0. The van der Waals surface area contributed by atoms with Crippen molar-refractivity contribution in [2.45, 2.75) is 70.8 Å². The van der Waals surface area contributed by atoms with Crippen LogP contribution >= 0.6 is 0 Å². The molecular formula is C33H39F5N4O3. The number of aromatic nitrogens is 1. The third-order valence-corrected chi connectivity index (χ3v) is 7.35. The second kappa shape index (κ2) is 15.4. The number of halogens is 5. The van der Waals surface area contributed by atoms with Crippen molar-refractivity contribution in [3.05, 3.63) is 100 Å². The monoisotopic (exact) mass is 634 g/mol. The van der Waals surface area contributed by atoms with Gasteiger partial charge in [0.05, 0.1) is 28.8 Å². The highest BCUT2D eigenvalue weighted by molar-refractivity contribution is 5.99. The number of carbonyl (C=O) groups is 2. The normalized spacial score (nSPS) is 13.3. The van der Waals surface area contributed by atoms with Gasteiger partial charge in [-0.3, -0.25) is 14.6 Å². The van der Waals surface area contributed by atoms with Crippen molar-refractivity contribution in [2.24, 2.45) is 0 Å². The standard InChI is InChI=1S/C33H39F5N4O3/c1-5-10-42(11-6-2)31(45)23-15-22(18-39-19-23)30(44)41-28(14-21-12-26(34)17-27(35)13-21)29(43)20-40-32(3,4)24-8-7-9-25(16-24)33(36,37)38/h7-9,12-13,15-19,28-29,40,43H,5-6,10-11,14,20H2,1-4H3,(H,41,44). The van der Waals surface area contributed by atoms with Crippen LogP contribution in [0.3, 0.4) is 0 Å². The minimum atomic E-state index is -4.54. The van der Waals surface area contributed by atoms with Crippen LogP contribution in [0.2, 0.25) is 0 Å². The van der Waals surface area contributed by atoms with Gasteiger partial charge in [0.2, 0.25) is 0 Å². The zero-order valence-corrected chi connectivity index (χ0v) is 25.7. The summed E-state index contributed by atoms with van der Waals surface area (Å²) >= 11 is 0. The number of alkyl halides is 3. The molecule has 3 aromatic rings. The molecule has 3 rings (SSSR count). The number of rotatable bonds is 14. The summed E-state index contributed by atoms with van der Waals surface area (Å²) in [5.41, 5.74) is -1.15. The lowest BCUT2D eigenvalue weighted by Crippen LogP contribution is -2.51. The molecule has 2 amide bonds. The minimum Gasteiger partial charge on any atom is -0.390 e. The smallest absolute Gasteiger partial charge is 0.390 e. The first-order chi connectivity index (χ1) is 21.1. The SMILES string of the molecule is CCCN(CCC)C(=O)c1cncc(C(=O)NC(Cc2cc(F)cc(F)c2)C(O)CNC(C)(C)c2cccc(C(F)(F)F)c2)c1. The lowest BCUT2D eigenvalue weighted by Gasteiger charge is -2.31. The van der Waals surface area contributed by atoms with Crippen molar-refractivity contribution in [2.75, 3.05) is 19.6 Å². The van der Waals surface area contributed by atoms with E-state index in [2.05, 4.69) is 15.6 Å². The fourth-order valence-electron chi connectivity index (χ4n) is 4.92. The van der Waals surface area contributed by atoms with Crippen molar-refractivity contribution in [1.82, 2.24) is 20.5 Å². The predicted molar refractivity (Wildman–Crippen MR) is 161 cm³/mol. The number of benzene rings is 2. The van der Waals surface area contributed by atoms with E-state index >= 15 is 0 Å². The Balaban J connectivity index is 1.84. The van der Waals surface area contributed by atoms with Gasteiger partial charge in [0.15, 0.2) is 0 Å². The predicted octanol–water partition coefficient (Wildman–Crippen LogP) is 5.87. The van der Waals surface area contributed by atoms with E-state index in [1.165, 1.54) is 30.6 Å². The van der Waals surface area contributed by atoms with Crippen LogP contribution in [0.15, 0.2) is 60.9 Å². The van der Waals surface area contributed by atoms with Crippen LogP contribution < -0.4 is 10.6 Å². The van der Waals surface area contributed by atoms with Crippen molar-refractivity contribution >= 4 is 11.8 Å². The Labute approximate surface area is 259 Å². The first-order valence-corrected chi connectivity index (χ1v) is 14.8. The highest BCUT2D eigenvalue weighted by Gasteiger charge is 2.33. The molecule has 0 aliphatic carbocycles. The molecule has 3 N–H and O–H groups in total. The number of aliphatic hydroxyl groups is 1. The molecule has 1 aromatic heterocycles. The molecule has 0 aliphatic heterocycles. The summed E-state index contributed by atoms with van der Waals surface area (Å²) in [5.74, 6) is -2.65. The first kappa shape index (κ1) is 35.6. The summed E-state index contributed by atoms with van der Waals surface area (Å²) < 4.78 is 67.9. The Morgan fingerprint density at radius 3 is 2.11 bits per heavy atom. The number of hydrogen-bond donors (Lipinski definition) is 3. The third-order valence-electron chi connectivity index (χ3n) is 7.35. The van der Waals surface area contributed by atoms with E-state index in [-0.39, 0.29) is 35.6 Å². The maximum atomic E-state index is 14.0. The van der Waals surface area contributed by atoms with Crippen LogP contribution in [0.25, 0.3) is 0 Å². The van der Waals surface area contributed by atoms with Crippen LogP contribution in [-0.4, -0.2) is 58.6 Å². The lowest BCUT2D eigenvalue weighted by atomic mass is 9.92. The third kappa shape index (κ3) is 10.1. The number of aliphatic hydroxyl groups excluding tert-OH is 1. The summed E-state index contributed by atoms with van der Waals surface area (Å²) in [7, 11) is 0. The Hall–Kier alpha value is -3.90. The largest absolute Gasteiger partial charge is 0.416 e. The molecule has 0 aliphatic rings. The zero-order valence-electron chi connectivity index (χ0n) is 25.7. The summed E-state index contributed by atoms with van der Waals surface area (Å²) in [6.07, 6.45) is -1.96. The molecule has 2 unspecified atom stereocenters. The van der Waals surface area contributed by atoms with E-state index in [1.807, 2.05) is 13.8 Å². The number of nitrogens with one attached hydrogen (secondary N) is 2. The van der Waals surface area contributed by atoms with Crippen LogP contribution in [0, 0.1) is 11.6 Å². The molecule has 2 atom stereocenters. The molecule has 7 nitrogen and oxygen atoms in total. The molecule has 0 bridgehead atoms. The molecule has 2 aromatic carbocycles. The fraction of sp³-hybridized carbons (Fsp3) is 0.424. The van der Waals surface area contributed by atoms with Gasteiger partial charge in [-0.1, -0.05) is 26.0 Å². The lowest BCUT2D eigenvalue weighted by molar-refractivity contribution is -0.137. The summed E-state index contributed by atoms with van der Waals surface area (Å²) in [4.78, 5) is 32.2. The highest BCUT2D eigenvalue weighted by atomic mass is 19.4. The number of pyridine rings is 1. The van der Waals surface area contributed by atoms with Gasteiger partial charge in [-0.2, -0.15) is 13.2 Å². The van der Waals surface area contributed by atoms with Crippen molar-refractivity contribution < 1.29 is 36.6 Å². The second-order valence-electron chi connectivity index (χ2n) is 11.5. The summed E-state index contributed by atoms with van der Waals surface area (Å²) in [6.45, 7) is 8.04. The number of nitrogens with zero attached hydrogens (tertiary/aromatic N) is 2. The molecule has 0 fully saturated rings. The van der Waals surface area contributed by atoms with Gasteiger partial charge in [0, 0.05) is 43.6 Å². The van der Waals surface area contributed by atoms with Gasteiger partial charge >= 0.3 is 6.18 Å². The van der Waals surface area contributed by atoms with Crippen LogP contribution in [0.1, 0.15) is 77.9 Å². The molecule has 1 heterocycles. The van der Waals surface area contributed by atoms with E-state index < -0.39 is 47.0 Å². The summed E-state index contributed by atoms with van der Waals surface area (Å²) in [5, 5.41) is 16.9. The number of carbonyl (C=O) groups excluding carboxylic acids is 2. The quantitative estimate of drug-likeness (QED) is 0.193. The van der Waals surface area contributed by atoms with Crippen molar-refractivity contribution in [3.63, 3.8) is 0 Å². The molecule has 0 saturated heterocycles. The van der Waals surface area contributed by atoms with Gasteiger partial charge in [-0.25, -0.2) is 8.78 Å². The van der Waals surface area contributed by atoms with E-state index in [4.69, 9.17) is 0 Å². The van der Waals surface area contributed by atoms with Crippen molar-refractivity contribution in [3.8, 4) is 0 Å². The van der Waals surface area contributed by atoms with Gasteiger partial charge in [-0.15, -0.1) is 0 Å². The average molecular weight is 635 g/mol. The zero-order chi connectivity index (χ0) is 33.4. The Morgan fingerprint density at radius 1 is 0.911 bits per heavy atom. The highest BCUT2D eigenvalue weighted by Crippen LogP contribution is 2.32. The number of hydrogen-bond acceptors (Lipinski definition) is 5. The molecule has 0 saturated carbocycles. The van der Waals surface area contributed by atoms with Gasteiger partial charge < -0.3 is 20.6 Å². The minimum absolute atomic E-state index is 0.0358. The Bertz CT molecular complexity index is 1440. The van der Waals surface area contributed by atoms with E-state index in [0.29, 0.717) is 24.7 Å². The molecular weight excluding hydrogens is 595 g/mol. The van der Waals surface area contributed by atoms with E-state index in [0.717, 1.165) is 37.1 Å². The fourth-order valence-corrected chi connectivity index (χ4v) is 4.92. The topological polar surface area (TPSA) is 94.6 Å². The summed E-state index contributed by atoms with van der Waals surface area (Å²) in [6, 6.07) is 7.92. The molecule has 0 spiro atoms. The van der Waals surface area contributed by atoms with Gasteiger partial charge in [0.1, 0.15) is 11.6 Å². The average Bonchev–Trinajstić information content (AvgIpc) is 2.98. The maximum Gasteiger partial charge on any atom is 0.416 e. The molecule has 244 valence electrons. The van der Waals surface area contributed by atoms with Crippen LogP contribution in [0.5, 0.6) is 0 Å². The van der Waals surface area contributed by atoms with E-state index in [9.17, 15) is 36.6 Å². The first-order valence-electron chi connectivity index (χ1n) is 14.8. The molecule has 45 heavy (non-hydrogen) atoms. The Morgan fingerprint density at radius 2 is 1.51 bits per heavy atom. The molecule has 12 heteroatoms. The second-order valence-corrected chi connectivity index (χ2v) is 11.5. The molecule has 0 radical (unpaired) electrons. The number of amides is 2. The van der Waals surface area contributed by atoms with E-state index in [1.54, 1.807) is 18.7 Å². The van der Waals surface area contributed by atoms with Crippen LogP contribution in [0.4, 0.5) is 22.0 Å². The van der Waals surface area contributed by atoms with Gasteiger partial charge in [0.25, 0.3) is 11.8 Å². The van der Waals surface area contributed by atoms with Crippen molar-refractivity contribution in [1.29, 1.82) is 0 Å². The van der Waals surface area contributed by atoms with Gasteiger partial charge in [-0.05, 0) is 74.6 Å². The van der Waals surface area contributed by atoms with Crippen LogP contribution in [-0.2, 0) is 18.1 Å². The Kier molecular flexibility index (Phi) is 12.2.